The van der Waals surface area contributed by atoms with Crippen LogP contribution in [0, 0.1) is 0 Å². The molecule has 0 radical (unpaired) electrons. The number of hydrogen-bond acceptors (Lipinski definition) is 2. The van der Waals surface area contributed by atoms with E-state index in [1.165, 1.54) is 44.9 Å². The highest BCUT2D eigenvalue weighted by molar-refractivity contribution is 14.1. The van der Waals surface area contributed by atoms with Crippen LogP contribution in [0.25, 0.3) is 0 Å². The number of nitrogens with one attached hydrogen (secondary N) is 1. The normalized spacial score (nSPS) is 33.3. The molecule has 1 aliphatic carbocycles. The molecular formula is C12H23BINO. The van der Waals surface area contributed by atoms with Gasteiger partial charge in [-0.1, -0.05) is 35.4 Å². The number of alkyl halides is 1. The zero-order valence-corrected chi connectivity index (χ0v) is 12.5. The summed E-state index contributed by atoms with van der Waals surface area (Å²) in [7, 11) is 2.18. The topological polar surface area (TPSA) is 21.3 Å². The third kappa shape index (κ3) is 3.13. The Morgan fingerprint density at radius 1 is 1.25 bits per heavy atom. The van der Waals surface area contributed by atoms with Crippen molar-refractivity contribution in [1.29, 1.82) is 0 Å². The van der Waals surface area contributed by atoms with Crippen LogP contribution in [-0.4, -0.2) is 36.5 Å². The number of hydrogen-bond donors (Lipinski definition) is 1. The molecule has 0 aromatic carbocycles. The van der Waals surface area contributed by atoms with Crippen molar-refractivity contribution in [3.05, 3.63) is 0 Å². The standard InChI is InChI=1S/C12H23BINO/c13-10-15-7-5-11(14)6-8-16-12(9-11)3-1-2-4-12/h15H,1-10,13H2/t11-/m1/s1. The summed E-state index contributed by atoms with van der Waals surface area (Å²) >= 11 is 2.71. The fourth-order valence-electron chi connectivity index (χ4n) is 3.21. The largest absolute Gasteiger partial charge is 0.375 e. The molecule has 2 nitrogen and oxygen atoms in total. The maximum absolute atomic E-state index is 6.10. The van der Waals surface area contributed by atoms with Crippen LogP contribution in [0.5, 0.6) is 0 Å². The fourth-order valence-corrected chi connectivity index (χ4v) is 4.40. The highest BCUT2D eigenvalue weighted by Crippen LogP contribution is 2.48. The van der Waals surface area contributed by atoms with Crippen LogP contribution < -0.4 is 5.32 Å². The average molecular weight is 335 g/mol. The summed E-state index contributed by atoms with van der Waals surface area (Å²) in [6, 6.07) is 0. The smallest absolute Gasteiger partial charge is 0.119 e. The Labute approximate surface area is 114 Å². The second kappa shape index (κ2) is 5.57. The van der Waals surface area contributed by atoms with E-state index in [9.17, 15) is 0 Å². The first-order valence-electron chi connectivity index (χ1n) is 6.72. The van der Waals surface area contributed by atoms with Gasteiger partial charge < -0.3 is 10.1 Å². The molecule has 1 aliphatic heterocycles. The predicted octanol–water partition coefficient (Wildman–Crippen LogP) is 1.85. The van der Waals surface area contributed by atoms with Gasteiger partial charge in [-0.25, -0.2) is 0 Å². The zero-order valence-electron chi connectivity index (χ0n) is 10.4. The second-order valence-electron chi connectivity index (χ2n) is 5.42. The summed E-state index contributed by atoms with van der Waals surface area (Å²) in [5.74, 6) is 0. The number of halogens is 1. The van der Waals surface area contributed by atoms with Gasteiger partial charge in [0.05, 0.1) is 5.60 Å². The lowest BCUT2D eigenvalue weighted by Crippen LogP contribution is -2.45. The molecular weight excluding hydrogens is 312 g/mol. The first-order chi connectivity index (χ1) is 7.68. The highest BCUT2D eigenvalue weighted by Gasteiger charge is 2.45. The molecule has 0 aromatic heterocycles. The molecule has 0 bridgehead atoms. The summed E-state index contributed by atoms with van der Waals surface area (Å²) < 4.78 is 6.59. The van der Waals surface area contributed by atoms with Gasteiger partial charge in [0, 0.05) is 10.0 Å². The SMILES string of the molecule is BCNCC[C@@]1(I)CCOC2(CCCC2)C1. The van der Waals surface area contributed by atoms with Crippen molar-refractivity contribution >= 4 is 30.4 Å². The quantitative estimate of drug-likeness (QED) is 0.367. The summed E-state index contributed by atoms with van der Waals surface area (Å²) in [5.41, 5.74) is 0.269. The molecule has 2 rings (SSSR count). The molecule has 0 unspecified atom stereocenters. The molecule has 1 atom stereocenters. The van der Waals surface area contributed by atoms with Crippen LogP contribution in [0.4, 0.5) is 0 Å². The third-order valence-electron chi connectivity index (χ3n) is 4.11. The Kier molecular flexibility index (Phi) is 4.58. The van der Waals surface area contributed by atoms with Gasteiger partial charge in [0.1, 0.15) is 7.85 Å². The van der Waals surface area contributed by atoms with Gasteiger partial charge in [-0.15, -0.1) is 0 Å². The molecule has 1 N–H and O–H groups in total. The zero-order chi connectivity index (χ0) is 11.5. The first-order valence-corrected chi connectivity index (χ1v) is 7.80. The number of ether oxygens (including phenoxy) is 1. The van der Waals surface area contributed by atoms with E-state index in [-0.39, 0.29) is 5.60 Å². The van der Waals surface area contributed by atoms with Gasteiger partial charge in [-0.3, -0.25) is 0 Å². The molecule has 0 amide bonds. The lowest BCUT2D eigenvalue weighted by atomic mass is 9.83. The Bertz CT molecular complexity index is 233. The molecule has 2 aliphatic rings. The highest BCUT2D eigenvalue weighted by atomic mass is 127. The minimum atomic E-state index is 0.269. The van der Waals surface area contributed by atoms with Crippen LogP contribution >= 0.6 is 22.6 Å². The first kappa shape index (κ1) is 13.2. The molecule has 16 heavy (non-hydrogen) atoms. The molecule has 1 saturated carbocycles. The summed E-state index contributed by atoms with van der Waals surface area (Å²) in [4.78, 5) is 0. The maximum atomic E-state index is 6.10. The lowest BCUT2D eigenvalue weighted by Gasteiger charge is -2.43. The van der Waals surface area contributed by atoms with Gasteiger partial charge in [0.15, 0.2) is 0 Å². The van der Waals surface area contributed by atoms with Gasteiger partial charge in [-0.2, -0.15) is 0 Å². The maximum Gasteiger partial charge on any atom is 0.119 e. The van der Waals surface area contributed by atoms with Crippen molar-refractivity contribution in [2.45, 2.75) is 54.0 Å². The van der Waals surface area contributed by atoms with Gasteiger partial charge in [0.2, 0.25) is 0 Å². The summed E-state index contributed by atoms with van der Waals surface area (Å²) in [6.45, 7) is 2.14. The van der Waals surface area contributed by atoms with Crippen LogP contribution in [0.1, 0.15) is 44.9 Å². The Morgan fingerprint density at radius 2 is 2.00 bits per heavy atom. The van der Waals surface area contributed by atoms with Crippen LogP contribution in [0.2, 0.25) is 0 Å². The molecule has 0 aromatic rings. The van der Waals surface area contributed by atoms with E-state index in [0.717, 1.165) is 19.6 Å². The van der Waals surface area contributed by atoms with E-state index in [1.807, 2.05) is 0 Å². The van der Waals surface area contributed by atoms with E-state index in [4.69, 9.17) is 4.74 Å². The van der Waals surface area contributed by atoms with Gasteiger partial charge in [-0.05, 0) is 45.1 Å². The molecule has 1 saturated heterocycles. The molecule has 92 valence electrons. The second-order valence-corrected chi connectivity index (χ2v) is 7.71. The van der Waals surface area contributed by atoms with E-state index < -0.39 is 0 Å². The molecule has 1 heterocycles. The van der Waals surface area contributed by atoms with Crippen LogP contribution in [0.15, 0.2) is 0 Å². The van der Waals surface area contributed by atoms with Gasteiger partial charge in [0.25, 0.3) is 0 Å². The van der Waals surface area contributed by atoms with Crippen molar-refractivity contribution in [3.8, 4) is 0 Å². The Morgan fingerprint density at radius 3 is 2.69 bits per heavy atom. The lowest BCUT2D eigenvalue weighted by molar-refractivity contribution is -0.0831. The van der Waals surface area contributed by atoms with Gasteiger partial charge >= 0.3 is 0 Å². The van der Waals surface area contributed by atoms with Crippen molar-refractivity contribution in [3.63, 3.8) is 0 Å². The van der Waals surface area contributed by atoms with E-state index in [1.54, 1.807) is 0 Å². The number of rotatable bonds is 4. The van der Waals surface area contributed by atoms with E-state index in [2.05, 4.69) is 35.8 Å². The predicted molar refractivity (Wildman–Crippen MR) is 79.2 cm³/mol. The van der Waals surface area contributed by atoms with E-state index in [0.29, 0.717) is 3.42 Å². The minimum Gasteiger partial charge on any atom is -0.375 e. The third-order valence-corrected chi connectivity index (χ3v) is 5.57. The van der Waals surface area contributed by atoms with Crippen molar-refractivity contribution in [1.82, 2.24) is 5.32 Å². The van der Waals surface area contributed by atoms with Crippen molar-refractivity contribution < 1.29 is 4.74 Å². The molecule has 4 heteroatoms. The minimum absolute atomic E-state index is 0.269. The van der Waals surface area contributed by atoms with E-state index >= 15 is 0 Å². The Balaban J connectivity index is 1.89. The summed E-state index contributed by atoms with van der Waals surface area (Å²) in [6.07, 6.45) is 10.3. The molecule has 1 spiro atoms. The van der Waals surface area contributed by atoms with Crippen molar-refractivity contribution in [2.24, 2.45) is 0 Å². The monoisotopic (exact) mass is 335 g/mol. The fraction of sp³-hybridized carbons (Fsp3) is 1.00. The van der Waals surface area contributed by atoms with Crippen molar-refractivity contribution in [2.75, 3.05) is 19.6 Å². The summed E-state index contributed by atoms with van der Waals surface area (Å²) in [5, 5.41) is 3.45. The van der Waals surface area contributed by atoms with Crippen LogP contribution in [0.3, 0.4) is 0 Å². The molecule has 2 fully saturated rings. The van der Waals surface area contributed by atoms with Crippen LogP contribution in [-0.2, 0) is 4.74 Å². The average Bonchev–Trinajstić information content (AvgIpc) is 2.66. The Hall–Kier alpha value is 0.715.